The van der Waals surface area contributed by atoms with Crippen molar-refractivity contribution in [3.05, 3.63) is 72.3 Å². The summed E-state index contributed by atoms with van der Waals surface area (Å²) in [7, 11) is 1.78. The van der Waals surface area contributed by atoms with Crippen LogP contribution in [0.5, 0.6) is 0 Å². The van der Waals surface area contributed by atoms with Gasteiger partial charge in [-0.25, -0.2) is 9.67 Å². The van der Waals surface area contributed by atoms with Crippen LogP contribution in [0, 0.1) is 6.92 Å². The third-order valence-corrected chi connectivity index (χ3v) is 5.71. The topological polar surface area (TPSA) is 80.1 Å². The van der Waals surface area contributed by atoms with Gasteiger partial charge < -0.3 is 10.2 Å². The summed E-state index contributed by atoms with van der Waals surface area (Å²) in [4.78, 5) is 30.3. The quantitative estimate of drug-likeness (QED) is 0.600. The first-order valence-electron chi connectivity index (χ1n) is 9.59. The van der Waals surface area contributed by atoms with Crippen LogP contribution in [0.15, 0.2) is 61.2 Å². The molecule has 2 aromatic carbocycles. The summed E-state index contributed by atoms with van der Waals surface area (Å²) < 4.78 is 1.68. The summed E-state index contributed by atoms with van der Waals surface area (Å²) in [5, 5.41) is 6.96. The van der Waals surface area contributed by atoms with E-state index in [1.165, 1.54) is 18.1 Å². The first-order chi connectivity index (χ1) is 14.4. The average molecular weight is 424 g/mol. The first-order valence-corrected chi connectivity index (χ1v) is 10.7. The molecule has 0 spiro atoms. The molecule has 7 nitrogen and oxygen atoms in total. The van der Waals surface area contributed by atoms with Gasteiger partial charge in [-0.05, 0) is 49.2 Å². The Balaban J connectivity index is 1.47. The molecule has 8 heteroatoms. The van der Waals surface area contributed by atoms with Crippen molar-refractivity contribution in [1.29, 1.82) is 0 Å². The van der Waals surface area contributed by atoms with Crippen LogP contribution in [-0.4, -0.2) is 50.0 Å². The standard InChI is InChI=1S/C22H25N5O2S/c1-16-5-4-6-19(11-16)25-21(28)12-30-13-22(29)26(3)17(2)18-7-9-20(10-8-18)27-15-23-14-24-27/h4-11,14-15,17H,12-13H2,1-3H3,(H,25,28)/t17-/m1/s1. The van der Waals surface area contributed by atoms with Crippen molar-refractivity contribution < 1.29 is 9.59 Å². The maximum Gasteiger partial charge on any atom is 0.234 e. The maximum absolute atomic E-state index is 12.5. The van der Waals surface area contributed by atoms with Gasteiger partial charge in [-0.3, -0.25) is 9.59 Å². The van der Waals surface area contributed by atoms with E-state index in [0.717, 1.165) is 22.5 Å². The van der Waals surface area contributed by atoms with Crippen molar-refractivity contribution in [2.75, 3.05) is 23.9 Å². The Hall–Kier alpha value is -3.13. The van der Waals surface area contributed by atoms with Gasteiger partial charge in [-0.1, -0.05) is 24.3 Å². The third kappa shape index (κ3) is 5.70. The number of nitrogens with zero attached hydrogens (tertiary/aromatic N) is 4. The van der Waals surface area contributed by atoms with E-state index in [4.69, 9.17) is 0 Å². The Labute approximate surface area is 180 Å². The molecule has 0 saturated heterocycles. The molecule has 1 aromatic heterocycles. The summed E-state index contributed by atoms with van der Waals surface area (Å²) in [6.07, 6.45) is 3.13. The van der Waals surface area contributed by atoms with Gasteiger partial charge in [-0.2, -0.15) is 5.10 Å². The van der Waals surface area contributed by atoms with Crippen molar-refractivity contribution >= 4 is 29.3 Å². The number of rotatable bonds is 8. The fourth-order valence-corrected chi connectivity index (χ4v) is 3.68. The van der Waals surface area contributed by atoms with Gasteiger partial charge in [0.15, 0.2) is 0 Å². The van der Waals surface area contributed by atoms with Crippen LogP contribution in [0.2, 0.25) is 0 Å². The number of aryl methyl sites for hydroxylation is 1. The van der Waals surface area contributed by atoms with Gasteiger partial charge in [0.1, 0.15) is 12.7 Å². The molecule has 156 valence electrons. The Morgan fingerprint density at radius 1 is 1.17 bits per heavy atom. The van der Waals surface area contributed by atoms with E-state index in [9.17, 15) is 9.59 Å². The summed E-state index contributed by atoms with van der Waals surface area (Å²) in [6.45, 7) is 3.96. The third-order valence-electron chi connectivity index (χ3n) is 4.79. The number of anilines is 1. The monoisotopic (exact) mass is 423 g/mol. The zero-order chi connectivity index (χ0) is 21.5. The van der Waals surface area contributed by atoms with Crippen LogP contribution in [0.3, 0.4) is 0 Å². The van der Waals surface area contributed by atoms with E-state index in [1.54, 1.807) is 23.0 Å². The zero-order valence-corrected chi connectivity index (χ0v) is 18.1. The minimum Gasteiger partial charge on any atom is -0.338 e. The molecular weight excluding hydrogens is 398 g/mol. The fraction of sp³-hybridized carbons (Fsp3) is 0.273. The van der Waals surface area contributed by atoms with E-state index in [0.29, 0.717) is 0 Å². The van der Waals surface area contributed by atoms with Gasteiger partial charge in [-0.15, -0.1) is 11.8 Å². The number of nitrogens with one attached hydrogen (secondary N) is 1. The van der Waals surface area contributed by atoms with Gasteiger partial charge in [0, 0.05) is 12.7 Å². The number of benzene rings is 2. The van der Waals surface area contributed by atoms with Gasteiger partial charge in [0.25, 0.3) is 0 Å². The summed E-state index contributed by atoms with van der Waals surface area (Å²) in [6, 6.07) is 15.4. The van der Waals surface area contributed by atoms with E-state index in [2.05, 4.69) is 15.4 Å². The van der Waals surface area contributed by atoms with Gasteiger partial charge >= 0.3 is 0 Å². The highest BCUT2D eigenvalue weighted by Gasteiger charge is 2.18. The lowest BCUT2D eigenvalue weighted by atomic mass is 10.1. The predicted octanol–water partition coefficient (Wildman–Crippen LogP) is 3.47. The number of amides is 2. The minimum atomic E-state index is -0.113. The molecule has 0 aliphatic heterocycles. The molecule has 1 heterocycles. The second kappa shape index (κ2) is 10.1. The minimum absolute atomic E-state index is 0.0174. The second-order valence-electron chi connectivity index (χ2n) is 7.02. The van der Waals surface area contributed by atoms with E-state index >= 15 is 0 Å². The molecule has 1 N–H and O–H groups in total. The van der Waals surface area contributed by atoms with E-state index in [1.807, 2.05) is 62.4 Å². The number of aromatic nitrogens is 3. The summed E-state index contributed by atoms with van der Waals surface area (Å²) in [5.41, 5.74) is 3.79. The van der Waals surface area contributed by atoms with Crippen LogP contribution in [0.1, 0.15) is 24.1 Å². The molecule has 0 aliphatic rings. The summed E-state index contributed by atoms with van der Waals surface area (Å²) in [5.74, 6) is 0.349. The molecule has 0 saturated carbocycles. The molecular formula is C22H25N5O2S. The highest BCUT2D eigenvalue weighted by molar-refractivity contribution is 8.00. The van der Waals surface area contributed by atoms with E-state index < -0.39 is 0 Å². The van der Waals surface area contributed by atoms with Crippen molar-refractivity contribution in [3.63, 3.8) is 0 Å². The number of hydrogen-bond donors (Lipinski definition) is 1. The Kier molecular flexibility index (Phi) is 7.24. The first kappa shape index (κ1) is 21.6. The fourth-order valence-electron chi connectivity index (χ4n) is 2.94. The molecule has 3 rings (SSSR count). The molecule has 30 heavy (non-hydrogen) atoms. The molecule has 0 aliphatic carbocycles. The zero-order valence-electron chi connectivity index (χ0n) is 17.3. The highest BCUT2D eigenvalue weighted by Crippen LogP contribution is 2.21. The molecule has 2 amide bonds. The lowest BCUT2D eigenvalue weighted by molar-refractivity contribution is -0.128. The number of thioether (sulfide) groups is 1. The lowest BCUT2D eigenvalue weighted by Gasteiger charge is -2.25. The predicted molar refractivity (Wildman–Crippen MR) is 120 cm³/mol. The molecule has 0 fully saturated rings. The van der Waals surface area contributed by atoms with Gasteiger partial charge in [0.05, 0.1) is 23.2 Å². The Morgan fingerprint density at radius 2 is 1.93 bits per heavy atom. The Morgan fingerprint density at radius 3 is 2.60 bits per heavy atom. The van der Waals surface area contributed by atoms with E-state index in [-0.39, 0.29) is 29.4 Å². The van der Waals surface area contributed by atoms with Crippen LogP contribution >= 0.6 is 11.8 Å². The number of carbonyl (C=O) groups excluding carboxylic acids is 2. The van der Waals surface area contributed by atoms with Crippen molar-refractivity contribution in [1.82, 2.24) is 19.7 Å². The second-order valence-corrected chi connectivity index (χ2v) is 8.01. The van der Waals surface area contributed by atoms with Crippen molar-refractivity contribution in [2.45, 2.75) is 19.9 Å². The SMILES string of the molecule is Cc1cccc(NC(=O)CSCC(=O)N(C)[C@H](C)c2ccc(-n3cncn3)cc2)c1. The van der Waals surface area contributed by atoms with Crippen LogP contribution in [0.4, 0.5) is 5.69 Å². The molecule has 0 bridgehead atoms. The molecule has 0 unspecified atom stereocenters. The molecule has 1 atom stereocenters. The number of carbonyl (C=O) groups is 2. The lowest BCUT2D eigenvalue weighted by Crippen LogP contribution is -2.31. The molecule has 3 aromatic rings. The largest absolute Gasteiger partial charge is 0.338 e. The Bertz CT molecular complexity index is 989. The normalized spacial score (nSPS) is 11.7. The summed E-state index contributed by atoms with van der Waals surface area (Å²) >= 11 is 1.31. The van der Waals surface area contributed by atoms with Crippen molar-refractivity contribution in [3.8, 4) is 5.69 Å². The smallest absolute Gasteiger partial charge is 0.234 e. The average Bonchev–Trinajstić information content (AvgIpc) is 3.27. The molecule has 0 radical (unpaired) electrons. The van der Waals surface area contributed by atoms with Crippen molar-refractivity contribution in [2.24, 2.45) is 0 Å². The maximum atomic E-state index is 12.5. The van der Waals surface area contributed by atoms with Crippen LogP contribution in [0.25, 0.3) is 5.69 Å². The van der Waals surface area contributed by atoms with Crippen LogP contribution in [-0.2, 0) is 9.59 Å². The number of hydrogen-bond acceptors (Lipinski definition) is 5. The van der Waals surface area contributed by atoms with Crippen LogP contribution < -0.4 is 5.32 Å². The van der Waals surface area contributed by atoms with Gasteiger partial charge in [0.2, 0.25) is 11.8 Å². The highest BCUT2D eigenvalue weighted by atomic mass is 32.2.